The third-order valence-corrected chi connectivity index (χ3v) is 4.17. The van der Waals surface area contributed by atoms with Gasteiger partial charge in [0, 0.05) is 23.3 Å². The minimum absolute atomic E-state index is 0.362. The minimum Gasteiger partial charge on any atom is -0.443 e. The first-order chi connectivity index (χ1) is 11.9. The summed E-state index contributed by atoms with van der Waals surface area (Å²) in [6, 6.07) is 16.4. The summed E-state index contributed by atoms with van der Waals surface area (Å²) in [5, 5.41) is 2.19. The lowest BCUT2D eigenvalue weighted by atomic mass is 10.0. The topological polar surface area (TPSA) is 47.0 Å². The maximum atomic E-state index is 12.5. The van der Waals surface area contributed by atoms with Crippen molar-refractivity contribution < 1.29 is 9.53 Å². The highest BCUT2D eigenvalue weighted by Crippen LogP contribution is 2.28. The van der Waals surface area contributed by atoms with Gasteiger partial charge in [-0.25, -0.2) is 4.79 Å². The van der Waals surface area contributed by atoms with Gasteiger partial charge >= 0.3 is 6.09 Å². The number of aromatic amines is 1. The lowest BCUT2D eigenvalue weighted by molar-refractivity contribution is 0.0544. The van der Waals surface area contributed by atoms with E-state index in [4.69, 9.17) is 4.74 Å². The monoisotopic (exact) mass is 332 g/mol. The molecule has 0 unspecified atom stereocenters. The summed E-state index contributed by atoms with van der Waals surface area (Å²) in [7, 11) is 0. The van der Waals surface area contributed by atoms with Gasteiger partial charge in [0.1, 0.15) is 5.60 Å². The van der Waals surface area contributed by atoms with Gasteiger partial charge in [0.15, 0.2) is 0 Å². The number of hydrogen-bond donors (Lipinski definition) is 1. The second kappa shape index (κ2) is 5.52. The molecule has 0 fully saturated rings. The van der Waals surface area contributed by atoms with E-state index in [1.807, 2.05) is 45.2 Å². The maximum Gasteiger partial charge on any atom is 0.418 e. The standard InChI is InChI=1S/C21H20N2O2/c1-21(2,3)25-20(24)23-11-9-15-5-7-17(13-19(15)23)16-6-4-14-8-10-22-18(14)12-16/h4-13,22H,1-3H3. The largest absolute Gasteiger partial charge is 0.443 e. The highest BCUT2D eigenvalue weighted by Gasteiger charge is 2.19. The molecule has 2 aromatic carbocycles. The quantitative estimate of drug-likeness (QED) is 0.495. The van der Waals surface area contributed by atoms with Crippen LogP contribution in [-0.2, 0) is 4.74 Å². The molecule has 4 rings (SSSR count). The van der Waals surface area contributed by atoms with Gasteiger partial charge in [0.25, 0.3) is 0 Å². The fourth-order valence-electron chi connectivity index (χ4n) is 3.01. The Morgan fingerprint density at radius 2 is 1.68 bits per heavy atom. The maximum absolute atomic E-state index is 12.5. The van der Waals surface area contributed by atoms with Crippen LogP contribution in [0.1, 0.15) is 20.8 Å². The zero-order valence-electron chi connectivity index (χ0n) is 14.5. The molecule has 2 heterocycles. The van der Waals surface area contributed by atoms with Crippen molar-refractivity contribution in [3.8, 4) is 11.1 Å². The van der Waals surface area contributed by atoms with Gasteiger partial charge in [0.2, 0.25) is 0 Å². The molecule has 4 nitrogen and oxygen atoms in total. The molecule has 1 N–H and O–H groups in total. The summed E-state index contributed by atoms with van der Waals surface area (Å²) in [5.74, 6) is 0. The zero-order chi connectivity index (χ0) is 17.6. The van der Waals surface area contributed by atoms with Crippen molar-refractivity contribution in [2.45, 2.75) is 26.4 Å². The van der Waals surface area contributed by atoms with E-state index in [1.165, 1.54) is 5.39 Å². The Balaban J connectivity index is 1.78. The molecule has 0 bridgehead atoms. The van der Waals surface area contributed by atoms with Crippen molar-refractivity contribution in [3.05, 3.63) is 60.9 Å². The smallest absolute Gasteiger partial charge is 0.418 e. The van der Waals surface area contributed by atoms with Crippen molar-refractivity contribution in [2.75, 3.05) is 0 Å². The molecular formula is C21H20N2O2. The van der Waals surface area contributed by atoms with E-state index in [2.05, 4.69) is 35.3 Å². The minimum atomic E-state index is -0.524. The molecule has 0 saturated carbocycles. The van der Waals surface area contributed by atoms with Gasteiger partial charge in [-0.3, -0.25) is 4.57 Å². The molecule has 0 aliphatic heterocycles. The van der Waals surface area contributed by atoms with Crippen molar-refractivity contribution in [1.82, 2.24) is 9.55 Å². The fourth-order valence-corrected chi connectivity index (χ4v) is 3.01. The van der Waals surface area contributed by atoms with Crippen molar-refractivity contribution in [1.29, 1.82) is 0 Å². The first-order valence-electron chi connectivity index (χ1n) is 8.33. The van der Waals surface area contributed by atoms with Gasteiger partial charge in [-0.05, 0) is 61.5 Å². The number of carbonyl (C=O) groups is 1. The summed E-state index contributed by atoms with van der Waals surface area (Å²) in [5.41, 5.74) is 3.59. The van der Waals surface area contributed by atoms with E-state index in [0.29, 0.717) is 0 Å². The van der Waals surface area contributed by atoms with Crippen LogP contribution in [0, 0.1) is 0 Å². The Hall–Kier alpha value is -3.01. The lowest BCUT2D eigenvalue weighted by Crippen LogP contribution is -2.26. The van der Waals surface area contributed by atoms with Crippen molar-refractivity contribution >= 4 is 27.9 Å². The number of nitrogens with zero attached hydrogens (tertiary/aromatic N) is 1. The van der Waals surface area contributed by atoms with Crippen LogP contribution in [0.5, 0.6) is 0 Å². The highest BCUT2D eigenvalue weighted by molar-refractivity contribution is 5.93. The predicted molar refractivity (Wildman–Crippen MR) is 101 cm³/mol. The van der Waals surface area contributed by atoms with Crippen LogP contribution >= 0.6 is 0 Å². The third-order valence-electron chi connectivity index (χ3n) is 4.17. The number of benzene rings is 2. The van der Waals surface area contributed by atoms with E-state index >= 15 is 0 Å². The van der Waals surface area contributed by atoms with Crippen LogP contribution in [0.2, 0.25) is 0 Å². The Labute approximate surface area is 146 Å². The van der Waals surface area contributed by atoms with Crippen LogP contribution in [0.15, 0.2) is 60.9 Å². The van der Waals surface area contributed by atoms with Crippen molar-refractivity contribution in [2.24, 2.45) is 0 Å². The van der Waals surface area contributed by atoms with Crippen LogP contribution in [0.4, 0.5) is 4.79 Å². The molecule has 126 valence electrons. The van der Waals surface area contributed by atoms with Crippen molar-refractivity contribution in [3.63, 3.8) is 0 Å². The average Bonchev–Trinajstić information content (AvgIpc) is 3.18. The summed E-state index contributed by atoms with van der Waals surface area (Å²) in [6.07, 6.45) is 3.33. The normalized spacial score (nSPS) is 12.0. The molecule has 25 heavy (non-hydrogen) atoms. The van der Waals surface area contributed by atoms with Gasteiger partial charge in [-0.1, -0.05) is 24.3 Å². The number of rotatable bonds is 1. The van der Waals surface area contributed by atoms with Crippen LogP contribution in [-0.4, -0.2) is 21.2 Å². The van der Waals surface area contributed by atoms with Crippen LogP contribution in [0.25, 0.3) is 32.9 Å². The fraction of sp³-hybridized carbons (Fsp3) is 0.190. The molecule has 0 amide bonds. The number of carbonyl (C=O) groups excluding carboxylic acids is 1. The molecule has 0 saturated heterocycles. The molecule has 0 aliphatic carbocycles. The van der Waals surface area contributed by atoms with Crippen LogP contribution < -0.4 is 0 Å². The zero-order valence-corrected chi connectivity index (χ0v) is 14.5. The number of aromatic nitrogens is 2. The molecule has 0 spiro atoms. The Kier molecular flexibility index (Phi) is 3.42. The van der Waals surface area contributed by atoms with Gasteiger partial charge in [-0.2, -0.15) is 0 Å². The molecule has 0 radical (unpaired) electrons. The third kappa shape index (κ3) is 2.91. The average molecular weight is 332 g/mol. The summed E-state index contributed by atoms with van der Waals surface area (Å²) < 4.78 is 7.07. The summed E-state index contributed by atoms with van der Waals surface area (Å²) in [6.45, 7) is 5.61. The molecule has 4 aromatic rings. The predicted octanol–water partition coefficient (Wildman–Crippen LogP) is 5.57. The van der Waals surface area contributed by atoms with Gasteiger partial charge < -0.3 is 9.72 Å². The second-order valence-corrected chi connectivity index (χ2v) is 7.22. The first kappa shape index (κ1) is 15.5. The van der Waals surface area contributed by atoms with E-state index in [9.17, 15) is 4.79 Å². The van der Waals surface area contributed by atoms with Gasteiger partial charge in [-0.15, -0.1) is 0 Å². The molecule has 0 aliphatic rings. The second-order valence-electron chi connectivity index (χ2n) is 7.22. The van der Waals surface area contributed by atoms with E-state index in [0.717, 1.165) is 27.5 Å². The Morgan fingerprint density at radius 3 is 2.44 bits per heavy atom. The highest BCUT2D eigenvalue weighted by atomic mass is 16.6. The SMILES string of the molecule is CC(C)(C)OC(=O)n1ccc2ccc(-c3ccc4cc[nH]c4c3)cc21. The van der Waals surface area contributed by atoms with E-state index in [1.54, 1.807) is 10.8 Å². The number of H-pyrrole nitrogens is 1. The number of hydrogen-bond acceptors (Lipinski definition) is 2. The molecule has 2 aromatic heterocycles. The molecule has 4 heteroatoms. The lowest BCUT2D eigenvalue weighted by Gasteiger charge is -2.19. The van der Waals surface area contributed by atoms with E-state index < -0.39 is 5.60 Å². The number of nitrogens with one attached hydrogen (secondary N) is 1. The van der Waals surface area contributed by atoms with Gasteiger partial charge in [0.05, 0.1) is 5.52 Å². The van der Waals surface area contributed by atoms with E-state index in [-0.39, 0.29) is 6.09 Å². The summed E-state index contributed by atoms with van der Waals surface area (Å²) >= 11 is 0. The number of ether oxygens (including phenoxy) is 1. The first-order valence-corrected chi connectivity index (χ1v) is 8.33. The molecular weight excluding hydrogens is 312 g/mol. The van der Waals surface area contributed by atoms with Crippen LogP contribution in [0.3, 0.4) is 0 Å². The Morgan fingerprint density at radius 1 is 0.960 bits per heavy atom. The number of fused-ring (bicyclic) bond motifs is 2. The summed E-state index contributed by atoms with van der Waals surface area (Å²) in [4.78, 5) is 15.7. The molecule has 0 atom stereocenters. The Bertz CT molecular complexity index is 1080.